The van der Waals surface area contributed by atoms with Gasteiger partial charge in [-0.3, -0.25) is 9.59 Å². The average Bonchev–Trinajstić information content (AvgIpc) is 2.46. The molecule has 5 nitrogen and oxygen atoms in total. The number of esters is 1. The number of pyridine rings is 1. The monoisotopic (exact) mass is 282 g/mol. The van der Waals surface area contributed by atoms with Gasteiger partial charge in [0.05, 0.1) is 18.6 Å². The van der Waals surface area contributed by atoms with Crippen LogP contribution in [0.5, 0.6) is 0 Å². The number of nitrogens with zero attached hydrogens (tertiary/aromatic N) is 2. The fourth-order valence-corrected chi connectivity index (χ4v) is 2.40. The number of likely N-dealkylation sites (tertiary alicyclic amines) is 1. The predicted octanol–water partition coefficient (Wildman–Crippen LogP) is 1.76. The van der Waals surface area contributed by atoms with Gasteiger partial charge in [0.15, 0.2) is 0 Å². The molecule has 1 aliphatic rings. The summed E-state index contributed by atoms with van der Waals surface area (Å²) < 4.78 is 4.72. The third kappa shape index (κ3) is 3.04. The van der Waals surface area contributed by atoms with Crippen molar-refractivity contribution in [2.45, 2.75) is 12.8 Å². The lowest BCUT2D eigenvalue weighted by Gasteiger charge is -2.30. The summed E-state index contributed by atoms with van der Waals surface area (Å²) in [6.07, 6.45) is 2.79. The van der Waals surface area contributed by atoms with Crippen molar-refractivity contribution in [3.05, 3.63) is 29.0 Å². The second-order valence-electron chi connectivity index (χ2n) is 4.43. The van der Waals surface area contributed by atoms with Gasteiger partial charge in [0.2, 0.25) is 0 Å². The number of carbonyl (C=O) groups is 2. The molecule has 0 spiro atoms. The Morgan fingerprint density at radius 2 is 2.11 bits per heavy atom. The lowest BCUT2D eigenvalue weighted by atomic mass is 9.96. The van der Waals surface area contributed by atoms with E-state index in [0.29, 0.717) is 31.5 Å². The van der Waals surface area contributed by atoms with E-state index in [1.807, 2.05) is 0 Å². The molecule has 6 heteroatoms. The number of methoxy groups -OCH3 is 1. The highest BCUT2D eigenvalue weighted by molar-refractivity contribution is 6.32. The maximum absolute atomic E-state index is 12.3. The van der Waals surface area contributed by atoms with E-state index in [2.05, 4.69) is 4.98 Å². The molecule has 1 aromatic heterocycles. The third-order valence-corrected chi connectivity index (χ3v) is 3.61. The number of rotatable bonds is 2. The molecular formula is C13H15ClN2O3. The Labute approximate surface area is 116 Å². The van der Waals surface area contributed by atoms with E-state index in [1.54, 1.807) is 23.2 Å². The van der Waals surface area contributed by atoms with Crippen LogP contribution in [-0.4, -0.2) is 42.0 Å². The van der Waals surface area contributed by atoms with Crippen molar-refractivity contribution in [3.63, 3.8) is 0 Å². The third-order valence-electron chi connectivity index (χ3n) is 3.31. The Bertz CT molecular complexity index is 485. The van der Waals surface area contributed by atoms with Crippen LogP contribution in [0.1, 0.15) is 23.2 Å². The highest BCUT2D eigenvalue weighted by atomic mass is 35.5. The number of aromatic nitrogens is 1. The lowest BCUT2D eigenvalue weighted by Crippen LogP contribution is -2.40. The molecule has 1 saturated heterocycles. The van der Waals surface area contributed by atoms with Gasteiger partial charge in [-0.05, 0) is 25.0 Å². The van der Waals surface area contributed by atoms with Gasteiger partial charge in [0.1, 0.15) is 5.15 Å². The van der Waals surface area contributed by atoms with Crippen LogP contribution in [0.2, 0.25) is 5.15 Å². The smallest absolute Gasteiger partial charge is 0.308 e. The summed E-state index contributed by atoms with van der Waals surface area (Å²) in [4.78, 5) is 29.3. The molecule has 0 bridgehead atoms. The topological polar surface area (TPSA) is 59.5 Å². The van der Waals surface area contributed by atoms with Gasteiger partial charge in [-0.15, -0.1) is 0 Å². The molecule has 0 N–H and O–H groups in total. The summed E-state index contributed by atoms with van der Waals surface area (Å²) in [7, 11) is 1.38. The zero-order chi connectivity index (χ0) is 13.8. The summed E-state index contributed by atoms with van der Waals surface area (Å²) in [5.74, 6) is -0.452. The highest BCUT2D eigenvalue weighted by Crippen LogP contribution is 2.21. The lowest BCUT2D eigenvalue weighted by molar-refractivity contribution is -0.146. The molecule has 102 valence electrons. The van der Waals surface area contributed by atoms with E-state index in [4.69, 9.17) is 16.3 Å². The van der Waals surface area contributed by atoms with Crippen molar-refractivity contribution in [3.8, 4) is 0 Å². The van der Waals surface area contributed by atoms with E-state index in [1.165, 1.54) is 7.11 Å². The van der Waals surface area contributed by atoms with Crippen molar-refractivity contribution in [2.75, 3.05) is 20.2 Å². The van der Waals surface area contributed by atoms with Gasteiger partial charge < -0.3 is 9.64 Å². The van der Waals surface area contributed by atoms with Crippen LogP contribution >= 0.6 is 11.6 Å². The largest absolute Gasteiger partial charge is 0.469 e. The van der Waals surface area contributed by atoms with Crippen LogP contribution in [0.4, 0.5) is 0 Å². The summed E-state index contributed by atoms with van der Waals surface area (Å²) in [5, 5.41) is 0.211. The number of amides is 1. The Kier molecular flexibility index (Phi) is 4.37. The summed E-state index contributed by atoms with van der Waals surface area (Å²) >= 11 is 5.91. The molecule has 19 heavy (non-hydrogen) atoms. The minimum absolute atomic E-state index is 0.113. The molecule has 1 fully saturated rings. The minimum atomic E-state index is -0.202. The van der Waals surface area contributed by atoms with Crippen LogP contribution in [-0.2, 0) is 9.53 Å². The average molecular weight is 283 g/mol. The quantitative estimate of drug-likeness (QED) is 0.613. The van der Waals surface area contributed by atoms with E-state index < -0.39 is 0 Å². The molecule has 2 rings (SSSR count). The van der Waals surface area contributed by atoms with E-state index in [9.17, 15) is 9.59 Å². The molecule has 0 aromatic carbocycles. The fourth-order valence-electron chi connectivity index (χ4n) is 2.20. The van der Waals surface area contributed by atoms with Gasteiger partial charge in [-0.25, -0.2) is 4.98 Å². The van der Waals surface area contributed by atoms with E-state index in [0.717, 1.165) is 0 Å². The van der Waals surface area contributed by atoms with E-state index in [-0.39, 0.29) is 22.9 Å². The first kappa shape index (κ1) is 13.8. The first-order valence-corrected chi connectivity index (χ1v) is 6.49. The summed E-state index contributed by atoms with van der Waals surface area (Å²) in [6.45, 7) is 1.06. The SMILES string of the molecule is COC(=O)C1CCN(C(=O)c2cccnc2Cl)CC1. The molecular weight excluding hydrogens is 268 g/mol. The van der Waals surface area contributed by atoms with Gasteiger partial charge in [-0.2, -0.15) is 0 Å². The molecule has 2 heterocycles. The summed E-state index contributed by atoms with van der Waals surface area (Å²) in [5.41, 5.74) is 0.403. The second-order valence-corrected chi connectivity index (χ2v) is 4.79. The number of piperidine rings is 1. The first-order chi connectivity index (χ1) is 9.13. The Hall–Kier alpha value is -1.62. The highest BCUT2D eigenvalue weighted by Gasteiger charge is 2.29. The molecule has 0 radical (unpaired) electrons. The Morgan fingerprint density at radius 1 is 1.42 bits per heavy atom. The molecule has 0 atom stereocenters. The van der Waals surface area contributed by atoms with Crippen molar-refractivity contribution >= 4 is 23.5 Å². The molecule has 0 unspecified atom stereocenters. The van der Waals surface area contributed by atoms with Crippen molar-refractivity contribution < 1.29 is 14.3 Å². The summed E-state index contributed by atoms with van der Waals surface area (Å²) in [6, 6.07) is 3.34. The standard InChI is InChI=1S/C13H15ClN2O3/c1-19-13(18)9-4-7-16(8-5-9)12(17)10-3-2-6-15-11(10)14/h2-3,6,9H,4-5,7-8H2,1H3. The van der Waals surface area contributed by atoms with Gasteiger partial charge in [-0.1, -0.05) is 11.6 Å². The van der Waals surface area contributed by atoms with E-state index >= 15 is 0 Å². The predicted molar refractivity (Wildman–Crippen MR) is 69.9 cm³/mol. The minimum Gasteiger partial charge on any atom is -0.469 e. The molecule has 1 amide bonds. The van der Waals surface area contributed by atoms with Crippen LogP contribution in [0.25, 0.3) is 0 Å². The first-order valence-electron chi connectivity index (χ1n) is 6.11. The zero-order valence-electron chi connectivity index (χ0n) is 10.6. The Morgan fingerprint density at radius 3 is 2.68 bits per heavy atom. The van der Waals surface area contributed by atoms with Crippen LogP contribution in [0.3, 0.4) is 0 Å². The van der Waals surface area contributed by atoms with Crippen molar-refractivity contribution in [1.29, 1.82) is 0 Å². The molecule has 1 aliphatic heterocycles. The van der Waals surface area contributed by atoms with Crippen LogP contribution < -0.4 is 0 Å². The molecule has 0 aliphatic carbocycles. The number of hydrogen-bond acceptors (Lipinski definition) is 4. The zero-order valence-corrected chi connectivity index (χ0v) is 11.4. The second kappa shape index (κ2) is 6.02. The van der Waals surface area contributed by atoms with Gasteiger partial charge >= 0.3 is 5.97 Å². The number of hydrogen-bond donors (Lipinski definition) is 0. The number of halogens is 1. The van der Waals surface area contributed by atoms with Crippen LogP contribution in [0.15, 0.2) is 18.3 Å². The number of ether oxygens (including phenoxy) is 1. The van der Waals surface area contributed by atoms with Crippen LogP contribution in [0, 0.1) is 5.92 Å². The number of carbonyl (C=O) groups excluding carboxylic acids is 2. The fraction of sp³-hybridized carbons (Fsp3) is 0.462. The normalized spacial score (nSPS) is 16.2. The van der Waals surface area contributed by atoms with Crippen molar-refractivity contribution in [2.24, 2.45) is 5.92 Å². The maximum atomic E-state index is 12.3. The van der Waals surface area contributed by atoms with Crippen molar-refractivity contribution in [1.82, 2.24) is 9.88 Å². The molecule has 0 saturated carbocycles. The van der Waals surface area contributed by atoms with Gasteiger partial charge in [0, 0.05) is 19.3 Å². The van der Waals surface area contributed by atoms with Gasteiger partial charge in [0.25, 0.3) is 5.91 Å². The molecule has 1 aromatic rings. The maximum Gasteiger partial charge on any atom is 0.308 e. The Balaban J connectivity index is 2.00.